The molecule has 0 bridgehead atoms. The lowest BCUT2D eigenvalue weighted by Crippen LogP contribution is -2.27. The van der Waals surface area contributed by atoms with Crippen LogP contribution < -0.4 is 31.1 Å². The van der Waals surface area contributed by atoms with Gasteiger partial charge < -0.3 is 51.5 Å². The van der Waals surface area contributed by atoms with Gasteiger partial charge in [0.2, 0.25) is 35.7 Å². The maximum atomic E-state index is 12.7. The number of aliphatic carboxylic acids is 2. The van der Waals surface area contributed by atoms with Gasteiger partial charge in [0.05, 0.1) is 23.2 Å². The molecule has 28 heteroatoms. The van der Waals surface area contributed by atoms with Crippen molar-refractivity contribution in [2.45, 2.75) is 9.79 Å². The first-order valence-electron chi connectivity index (χ1n) is 19.0. The number of anilines is 10. The number of carbonyl (C=O) groups is 4. The molecule has 0 radical (unpaired) electrons. The fourth-order valence-corrected chi connectivity index (χ4v) is 7.00. The van der Waals surface area contributed by atoms with E-state index in [2.05, 4.69) is 56.2 Å². The Balaban J connectivity index is 1.28. The third-order valence-electron chi connectivity index (χ3n) is 8.86. The highest BCUT2D eigenvalue weighted by Gasteiger charge is 2.19. The number of aromatic carboxylic acids is 2. The summed E-state index contributed by atoms with van der Waals surface area (Å²) in [4.78, 5) is 73.5. The molecule has 68 heavy (non-hydrogen) atoms. The Morgan fingerprint density at radius 1 is 0.588 bits per heavy atom. The molecule has 0 saturated heterocycles. The Hall–Kier alpha value is -8.54. The average Bonchev–Trinajstić information content (AvgIpc) is 3.27. The van der Waals surface area contributed by atoms with Crippen LogP contribution in [0.3, 0.4) is 0 Å². The lowest BCUT2D eigenvalue weighted by Gasteiger charge is -2.17. The Morgan fingerprint density at radius 2 is 0.971 bits per heavy atom. The van der Waals surface area contributed by atoms with Gasteiger partial charge >= 0.3 is 23.9 Å². The normalized spacial score (nSPS) is 11.2. The van der Waals surface area contributed by atoms with Gasteiger partial charge in [-0.15, -0.1) is 4.33 Å². The van der Waals surface area contributed by atoms with E-state index in [1.165, 1.54) is 103 Å². The van der Waals surface area contributed by atoms with E-state index in [0.29, 0.717) is 34.7 Å². The summed E-state index contributed by atoms with van der Waals surface area (Å²) in [5, 5.41) is 61.6. The predicted octanol–water partition coefficient (Wildman–Crippen LogP) is 5.31. The van der Waals surface area contributed by atoms with Crippen molar-refractivity contribution in [3.05, 3.63) is 107 Å². The van der Waals surface area contributed by atoms with Crippen molar-refractivity contribution in [3.8, 4) is 0 Å². The van der Waals surface area contributed by atoms with E-state index in [1.54, 1.807) is 12.1 Å². The number of likely N-dealkylation sites (N-methyl/N-ethyl adjacent to an activating group) is 2. The first kappa shape index (κ1) is 48.9. The summed E-state index contributed by atoms with van der Waals surface area (Å²) in [6, 6.07) is 19.8. The van der Waals surface area contributed by atoms with Gasteiger partial charge in [0, 0.05) is 41.7 Å². The van der Waals surface area contributed by atoms with Crippen LogP contribution >= 0.6 is 12.0 Å². The second kappa shape index (κ2) is 21.6. The summed E-state index contributed by atoms with van der Waals surface area (Å²) >= 11 is 0.547. The van der Waals surface area contributed by atoms with Gasteiger partial charge in [-0.3, -0.25) is 14.1 Å². The second-order valence-electron chi connectivity index (χ2n) is 13.9. The number of rotatable bonds is 22. The molecule has 26 nitrogen and oxygen atoms in total. The van der Waals surface area contributed by atoms with Crippen molar-refractivity contribution in [1.29, 1.82) is 0 Å². The lowest BCUT2D eigenvalue weighted by atomic mass is 10.1. The fourth-order valence-electron chi connectivity index (χ4n) is 5.78. The molecule has 0 spiro atoms. The topological polar surface area (TPSA) is 374 Å². The van der Waals surface area contributed by atoms with Gasteiger partial charge in [0.25, 0.3) is 10.1 Å². The number of benzene rings is 4. The minimum atomic E-state index is -4.91. The van der Waals surface area contributed by atoms with Gasteiger partial charge in [0.15, 0.2) is 0 Å². The smallest absolute Gasteiger partial charge is 0.335 e. The number of hydrogen-bond donors (Lipinski definition) is 10. The molecule has 0 atom stereocenters. The average molecular weight is 973 g/mol. The van der Waals surface area contributed by atoms with Crippen LogP contribution in [0, 0.1) is 0 Å². The Kier molecular flexibility index (Phi) is 15.6. The lowest BCUT2D eigenvalue weighted by molar-refractivity contribution is -0.432. The third kappa shape index (κ3) is 13.5. The highest BCUT2D eigenvalue weighted by atomic mass is 32.2. The summed E-state index contributed by atoms with van der Waals surface area (Å²) < 4.78 is 40.5. The van der Waals surface area contributed by atoms with Crippen LogP contribution in [0.5, 0.6) is 0 Å². The monoisotopic (exact) mass is 972 g/mol. The number of carboxylic acids is 4. The summed E-state index contributed by atoms with van der Waals surface area (Å²) in [5.74, 6) is -5.17. The van der Waals surface area contributed by atoms with E-state index in [1.807, 2.05) is 0 Å². The molecule has 0 amide bonds. The molecule has 0 aliphatic rings. The zero-order valence-corrected chi connectivity index (χ0v) is 36.6. The zero-order chi connectivity index (χ0) is 49.1. The van der Waals surface area contributed by atoms with Gasteiger partial charge in [-0.2, -0.15) is 38.3 Å². The van der Waals surface area contributed by atoms with Crippen LogP contribution in [-0.2, 0) is 29.1 Å². The number of aromatic nitrogens is 6. The number of nitrogens with one attached hydrogen (secondary N) is 4. The molecular formula is C40H36N12O14S2. The van der Waals surface area contributed by atoms with Gasteiger partial charge in [0.1, 0.15) is 18.0 Å². The molecular weight excluding hydrogens is 937 g/mol. The predicted molar refractivity (Wildman–Crippen MR) is 244 cm³/mol. The molecule has 0 saturated carbocycles. The number of nitrogens with zero attached hydrogens (tertiary/aromatic N) is 8. The largest absolute Gasteiger partial charge is 0.480 e. The summed E-state index contributed by atoms with van der Waals surface area (Å²) in [5.41, 5.74) is 1.59. The highest BCUT2D eigenvalue weighted by molar-refractivity contribution is 7.94. The molecule has 0 aliphatic heterocycles. The number of hydrogen-bond acceptors (Lipinski definition) is 22. The SMILES string of the molecule is CN(CC(=O)O)c1nc(Nc2ccc(C(=O)O)cc2)nc(Nc2ccc(/C=C/c3ccc(Nc4nc(Nc5ccc(C(=O)O)cc5)nc(N(C)CC(=O)O)n4)cc3S(=O)(=O)O)c(SOOO)c2)n1. The van der Waals surface area contributed by atoms with Crippen molar-refractivity contribution in [3.63, 3.8) is 0 Å². The fraction of sp³-hybridized carbons (Fsp3) is 0.100. The maximum Gasteiger partial charge on any atom is 0.335 e. The molecule has 4 aromatic carbocycles. The minimum Gasteiger partial charge on any atom is -0.480 e. The van der Waals surface area contributed by atoms with Crippen LogP contribution in [0.25, 0.3) is 12.2 Å². The quantitative estimate of drug-likeness (QED) is 0.0135. The second-order valence-corrected chi connectivity index (χ2v) is 16.0. The first-order valence-corrected chi connectivity index (χ1v) is 21.2. The van der Waals surface area contributed by atoms with Crippen molar-refractivity contribution < 1.29 is 67.2 Å². The van der Waals surface area contributed by atoms with E-state index < -0.39 is 52.0 Å². The Morgan fingerprint density at radius 3 is 1.37 bits per heavy atom. The standard InChI is InChI=1S/C40H36N12O14S2/c1-51(19-31(53)54)39-47-35(41-25-11-7-23(8-12-25)33(57)58)45-37(49-39)43-27-15-5-21(29(17-27)67-66-65-61)3-4-22-6-16-28(18-30(22)68(62,63)64)44-38-46-36(48-40(50-38)52(2)20-32(55)56)42-26-13-9-24(10-14-26)34(59)60/h3-18,61H,19-20H2,1-2H3,(H,53,54)(H,55,56)(H,57,58)(H,59,60)(H,62,63,64)(H2,41,43,45,47,49)(H2,42,44,46,48,50)/b4-3+. The summed E-state index contributed by atoms with van der Waals surface area (Å²) in [7, 11) is -2.06. The van der Waals surface area contributed by atoms with Crippen molar-refractivity contribution in [1.82, 2.24) is 29.9 Å². The van der Waals surface area contributed by atoms with Crippen molar-refractivity contribution in [2.75, 3.05) is 58.3 Å². The molecule has 2 aromatic heterocycles. The number of carboxylic acid groups (broad SMARTS) is 4. The van der Waals surface area contributed by atoms with Crippen LogP contribution in [0.4, 0.5) is 58.4 Å². The molecule has 0 fully saturated rings. The van der Waals surface area contributed by atoms with Gasteiger partial charge in [-0.05, 0) is 83.9 Å². The molecule has 352 valence electrons. The van der Waals surface area contributed by atoms with Gasteiger partial charge in [-0.1, -0.05) is 29.3 Å². The van der Waals surface area contributed by atoms with Crippen LogP contribution in [0.2, 0.25) is 0 Å². The molecule has 10 N–H and O–H groups in total. The Labute approximate surface area is 387 Å². The Bertz CT molecular complexity index is 3000. The summed E-state index contributed by atoms with van der Waals surface area (Å²) in [6.07, 6.45) is 2.82. The van der Waals surface area contributed by atoms with E-state index in [9.17, 15) is 52.6 Å². The molecule has 0 unspecified atom stereocenters. The third-order valence-corrected chi connectivity index (χ3v) is 10.4. The first-order chi connectivity index (χ1) is 32.3. The van der Waals surface area contributed by atoms with E-state index in [0.717, 1.165) is 6.07 Å². The van der Waals surface area contributed by atoms with Crippen molar-refractivity contribution in [2.24, 2.45) is 0 Å². The van der Waals surface area contributed by atoms with E-state index in [4.69, 9.17) is 9.59 Å². The molecule has 0 aliphatic carbocycles. The highest BCUT2D eigenvalue weighted by Crippen LogP contribution is 2.32. The maximum absolute atomic E-state index is 12.7. The zero-order valence-electron chi connectivity index (χ0n) is 35.0. The molecule has 6 aromatic rings. The van der Waals surface area contributed by atoms with Crippen LogP contribution in [0.1, 0.15) is 31.8 Å². The van der Waals surface area contributed by atoms with Crippen LogP contribution in [-0.4, -0.2) is 120 Å². The van der Waals surface area contributed by atoms with Gasteiger partial charge in [-0.25, -0.2) is 14.8 Å². The molecule has 6 rings (SSSR count). The summed E-state index contributed by atoms with van der Waals surface area (Å²) in [6.45, 7) is -0.984. The van der Waals surface area contributed by atoms with Crippen molar-refractivity contribution >= 4 is 117 Å². The minimum absolute atomic E-state index is 0.000967. The van der Waals surface area contributed by atoms with Crippen LogP contribution in [0.15, 0.2) is 94.7 Å². The van der Waals surface area contributed by atoms with E-state index >= 15 is 0 Å². The molecule has 2 heterocycles. The van der Waals surface area contributed by atoms with E-state index in [-0.39, 0.29) is 63.0 Å².